The summed E-state index contributed by atoms with van der Waals surface area (Å²) < 4.78 is 2.85. The van der Waals surface area contributed by atoms with Crippen LogP contribution in [0.3, 0.4) is 0 Å². The van der Waals surface area contributed by atoms with E-state index in [0.29, 0.717) is 0 Å². The smallest absolute Gasteiger partial charge is 0.105 e. The predicted molar refractivity (Wildman–Crippen MR) is 80.0 cm³/mol. The van der Waals surface area contributed by atoms with E-state index < -0.39 is 6.10 Å². The first kappa shape index (κ1) is 13.3. The second-order valence-electron chi connectivity index (χ2n) is 3.62. The van der Waals surface area contributed by atoms with Gasteiger partial charge in [-0.3, -0.25) is 0 Å². The summed E-state index contributed by atoms with van der Waals surface area (Å²) in [5.74, 6) is 0. The van der Waals surface area contributed by atoms with Crippen molar-refractivity contribution in [1.82, 2.24) is 0 Å². The van der Waals surface area contributed by atoms with E-state index in [-0.39, 0.29) is 0 Å². The van der Waals surface area contributed by atoms with Crippen LogP contribution in [0.25, 0.3) is 0 Å². The molecule has 1 nitrogen and oxygen atoms in total. The van der Waals surface area contributed by atoms with Gasteiger partial charge in [0.2, 0.25) is 0 Å². The van der Waals surface area contributed by atoms with Gasteiger partial charge in [0.25, 0.3) is 0 Å². The maximum absolute atomic E-state index is 10.3. The van der Waals surface area contributed by atoms with Gasteiger partial charge in [0.05, 0.1) is 0 Å². The minimum absolute atomic E-state index is 0.630. The molecular formula is C13H9Br3O. The molecule has 1 N–H and O–H groups in total. The SMILES string of the molecule is OC(c1ccc(Br)cc1)c1cc(Br)ccc1Br. The van der Waals surface area contributed by atoms with Crippen molar-refractivity contribution in [3.05, 3.63) is 67.0 Å². The molecule has 0 aliphatic heterocycles. The van der Waals surface area contributed by atoms with E-state index in [9.17, 15) is 5.11 Å². The van der Waals surface area contributed by atoms with Gasteiger partial charge in [-0.2, -0.15) is 0 Å². The lowest BCUT2D eigenvalue weighted by molar-refractivity contribution is 0.219. The third-order valence-electron chi connectivity index (χ3n) is 2.44. The molecule has 0 aliphatic carbocycles. The Hall–Kier alpha value is -0.160. The van der Waals surface area contributed by atoms with Crippen molar-refractivity contribution < 1.29 is 5.11 Å². The molecule has 1 atom stereocenters. The highest BCUT2D eigenvalue weighted by molar-refractivity contribution is 9.11. The van der Waals surface area contributed by atoms with Crippen LogP contribution in [-0.4, -0.2) is 5.11 Å². The Bertz CT molecular complexity index is 523. The van der Waals surface area contributed by atoms with E-state index in [0.717, 1.165) is 24.5 Å². The fourth-order valence-electron chi connectivity index (χ4n) is 1.55. The van der Waals surface area contributed by atoms with Gasteiger partial charge in [-0.25, -0.2) is 0 Å². The summed E-state index contributed by atoms with van der Waals surface area (Å²) in [6, 6.07) is 13.4. The molecule has 0 saturated heterocycles. The van der Waals surface area contributed by atoms with Gasteiger partial charge in [-0.05, 0) is 35.9 Å². The molecule has 2 aromatic carbocycles. The number of hydrogen-bond donors (Lipinski definition) is 1. The van der Waals surface area contributed by atoms with Gasteiger partial charge in [0.1, 0.15) is 6.10 Å². The van der Waals surface area contributed by atoms with Gasteiger partial charge in [-0.1, -0.05) is 59.9 Å². The van der Waals surface area contributed by atoms with E-state index in [1.807, 2.05) is 42.5 Å². The summed E-state index contributed by atoms with van der Waals surface area (Å²) >= 11 is 10.2. The topological polar surface area (TPSA) is 20.2 Å². The Morgan fingerprint density at radius 2 is 1.41 bits per heavy atom. The maximum Gasteiger partial charge on any atom is 0.105 e. The van der Waals surface area contributed by atoms with E-state index in [1.165, 1.54) is 0 Å². The summed E-state index contributed by atoms with van der Waals surface area (Å²) in [7, 11) is 0. The van der Waals surface area contributed by atoms with Crippen LogP contribution < -0.4 is 0 Å². The first-order valence-corrected chi connectivity index (χ1v) is 7.34. The van der Waals surface area contributed by atoms with Crippen LogP contribution in [0.5, 0.6) is 0 Å². The standard InChI is InChI=1S/C13H9Br3O/c14-9-3-1-8(2-4-9)13(17)11-7-10(15)5-6-12(11)16/h1-7,13,17H. The fraction of sp³-hybridized carbons (Fsp3) is 0.0769. The van der Waals surface area contributed by atoms with Crippen molar-refractivity contribution in [2.24, 2.45) is 0 Å². The second kappa shape index (κ2) is 5.65. The van der Waals surface area contributed by atoms with Crippen LogP contribution in [0.2, 0.25) is 0 Å². The molecule has 0 bridgehead atoms. The summed E-state index contributed by atoms with van der Waals surface area (Å²) in [6.07, 6.45) is -0.630. The molecule has 88 valence electrons. The molecule has 2 rings (SSSR count). The van der Waals surface area contributed by atoms with E-state index in [2.05, 4.69) is 47.8 Å². The predicted octanol–water partition coefficient (Wildman–Crippen LogP) is 5.06. The molecule has 0 heterocycles. The molecule has 2 aromatic rings. The van der Waals surface area contributed by atoms with Crippen LogP contribution >= 0.6 is 47.8 Å². The molecule has 0 aromatic heterocycles. The van der Waals surface area contributed by atoms with Crippen LogP contribution in [0.4, 0.5) is 0 Å². The van der Waals surface area contributed by atoms with Gasteiger partial charge in [-0.15, -0.1) is 0 Å². The Labute approximate surface area is 125 Å². The number of hydrogen-bond acceptors (Lipinski definition) is 1. The van der Waals surface area contributed by atoms with Gasteiger partial charge in [0.15, 0.2) is 0 Å². The summed E-state index contributed by atoms with van der Waals surface area (Å²) in [4.78, 5) is 0. The van der Waals surface area contributed by atoms with Crippen molar-refractivity contribution in [2.45, 2.75) is 6.10 Å². The van der Waals surface area contributed by atoms with Gasteiger partial charge >= 0.3 is 0 Å². The molecule has 1 unspecified atom stereocenters. The lowest BCUT2D eigenvalue weighted by Crippen LogP contribution is -2.00. The lowest BCUT2D eigenvalue weighted by Gasteiger charge is -2.13. The zero-order valence-electron chi connectivity index (χ0n) is 8.70. The molecule has 4 heteroatoms. The first-order valence-electron chi connectivity index (χ1n) is 4.96. The molecule has 0 radical (unpaired) electrons. The second-order valence-corrected chi connectivity index (χ2v) is 6.31. The zero-order valence-corrected chi connectivity index (χ0v) is 13.5. The number of benzene rings is 2. The van der Waals surface area contributed by atoms with Crippen LogP contribution in [0.15, 0.2) is 55.9 Å². The van der Waals surface area contributed by atoms with Crippen molar-refractivity contribution in [3.63, 3.8) is 0 Å². The minimum atomic E-state index is -0.630. The Morgan fingerprint density at radius 1 is 0.824 bits per heavy atom. The quantitative estimate of drug-likeness (QED) is 0.720. The first-order chi connectivity index (χ1) is 8.08. The van der Waals surface area contributed by atoms with E-state index in [4.69, 9.17) is 0 Å². The largest absolute Gasteiger partial charge is 0.384 e. The summed E-state index contributed by atoms with van der Waals surface area (Å²) in [6.45, 7) is 0. The zero-order chi connectivity index (χ0) is 12.4. The Balaban J connectivity index is 2.39. The van der Waals surface area contributed by atoms with Gasteiger partial charge in [0, 0.05) is 19.0 Å². The molecular weight excluding hydrogens is 412 g/mol. The van der Waals surface area contributed by atoms with E-state index in [1.54, 1.807) is 0 Å². The maximum atomic E-state index is 10.3. The van der Waals surface area contributed by atoms with Crippen molar-refractivity contribution in [1.29, 1.82) is 0 Å². The summed E-state index contributed by atoms with van der Waals surface area (Å²) in [5, 5.41) is 10.3. The third kappa shape index (κ3) is 3.19. The molecule has 0 amide bonds. The highest BCUT2D eigenvalue weighted by Gasteiger charge is 2.13. The highest BCUT2D eigenvalue weighted by Crippen LogP contribution is 2.31. The minimum Gasteiger partial charge on any atom is -0.384 e. The van der Waals surface area contributed by atoms with Crippen molar-refractivity contribution >= 4 is 47.8 Å². The highest BCUT2D eigenvalue weighted by atomic mass is 79.9. The monoisotopic (exact) mass is 418 g/mol. The van der Waals surface area contributed by atoms with E-state index >= 15 is 0 Å². The molecule has 0 saturated carbocycles. The number of aliphatic hydroxyl groups excluding tert-OH is 1. The Kier molecular flexibility index (Phi) is 4.42. The molecule has 0 spiro atoms. The number of rotatable bonds is 2. The molecule has 17 heavy (non-hydrogen) atoms. The van der Waals surface area contributed by atoms with Crippen LogP contribution in [0.1, 0.15) is 17.2 Å². The fourth-order valence-corrected chi connectivity index (χ4v) is 2.66. The van der Waals surface area contributed by atoms with Crippen molar-refractivity contribution in [2.75, 3.05) is 0 Å². The average Bonchev–Trinajstić information content (AvgIpc) is 2.32. The molecule has 0 fully saturated rings. The average molecular weight is 421 g/mol. The number of halogens is 3. The third-order valence-corrected chi connectivity index (χ3v) is 4.18. The normalized spacial score (nSPS) is 12.5. The number of aliphatic hydroxyl groups is 1. The van der Waals surface area contributed by atoms with Crippen LogP contribution in [-0.2, 0) is 0 Å². The Morgan fingerprint density at radius 3 is 2.06 bits per heavy atom. The lowest BCUT2D eigenvalue weighted by atomic mass is 10.0. The summed E-state index contributed by atoms with van der Waals surface area (Å²) in [5.41, 5.74) is 1.72. The van der Waals surface area contributed by atoms with Gasteiger partial charge < -0.3 is 5.11 Å². The van der Waals surface area contributed by atoms with Crippen molar-refractivity contribution in [3.8, 4) is 0 Å². The van der Waals surface area contributed by atoms with Crippen LogP contribution in [0, 0.1) is 0 Å². The molecule has 0 aliphatic rings.